The molecule has 34 heavy (non-hydrogen) atoms. The number of hydrogen-bond acceptors (Lipinski definition) is 5. The normalized spacial score (nSPS) is 10.6. The molecule has 0 saturated carbocycles. The fraction of sp³-hybridized carbons (Fsp3) is 0.148. The highest BCUT2D eigenvalue weighted by Gasteiger charge is 2.15. The van der Waals surface area contributed by atoms with Gasteiger partial charge in [-0.2, -0.15) is 15.0 Å². The summed E-state index contributed by atoms with van der Waals surface area (Å²) in [6.45, 7) is 7.87. The van der Waals surface area contributed by atoms with Gasteiger partial charge in [0.1, 0.15) is 0 Å². The largest absolute Gasteiger partial charge is 0.290 e. The number of rotatable bonds is 5. The maximum atomic E-state index is 12.9. The third kappa shape index (κ3) is 5.15. The van der Waals surface area contributed by atoms with E-state index in [9.17, 15) is 9.59 Å². The number of carbonyl (C=O) groups is 2. The molecular formula is C27H25N5O2. The van der Waals surface area contributed by atoms with Gasteiger partial charge in [0, 0.05) is 16.7 Å². The summed E-state index contributed by atoms with van der Waals surface area (Å²) in [7, 11) is 0. The average molecular weight is 452 g/mol. The van der Waals surface area contributed by atoms with E-state index < -0.39 is 0 Å². The summed E-state index contributed by atoms with van der Waals surface area (Å²) in [4.78, 5) is 38.8. The van der Waals surface area contributed by atoms with Crippen LogP contribution in [0.2, 0.25) is 0 Å². The molecule has 0 atom stereocenters. The lowest BCUT2D eigenvalue weighted by atomic mass is 10.1. The minimum Gasteiger partial charge on any atom is -0.290 e. The van der Waals surface area contributed by atoms with Crippen LogP contribution < -0.4 is 10.6 Å². The van der Waals surface area contributed by atoms with Crippen LogP contribution in [0.5, 0.6) is 0 Å². The Labute approximate surface area is 198 Å². The molecule has 4 aromatic rings. The van der Waals surface area contributed by atoms with Crippen molar-refractivity contribution in [3.63, 3.8) is 0 Å². The number of hydrogen-bond donors (Lipinski definition) is 2. The van der Waals surface area contributed by atoms with E-state index in [1.165, 1.54) is 0 Å². The van der Waals surface area contributed by atoms with Gasteiger partial charge >= 0.3 is 0 Å². The zero-order chi connectivity index (χ0) is 24.2. The van der Waals surface area contributed by atoms with Crippen molar-refractivity contribution in [1.29, 1.82) is 0 Å². The smallest absolute Gasteiger partial charge is 0.258 e. The highest BCUT2D eigenvalue weighted by Crippen LogP contribution is 2.19. The molecule has 0 aliphatic rings. The van der Waals surface area contributed by atoms with Crippen molar-refractivity contribution in [3.8, 4) is 11.4 Å². The predicted octanol–water partition coefficient (Wildman–Crippen LogP) is 5.28. The summed E-state index contributed by atoms with van der Waals surface area (Å²) in [6.07, 6.45) is 0. The van der Waals surface area contributed by atoms with Crippen LogP contribution in [0.15, 0.2) is 66.7 Å². The van der Waals surface area contributed by atoms with E-state index in [-0.39, 0.29) is 23.7 Å². The summed E-state index contributed by atoms with van der Waals surface area (Å²) in [5, 5.41) is 5.47. The molecule has 170 valence electrons. The lowest BCUT2D eigenvalue weighted by Crippen LogP contribution is -2.19. The summed E-state index contributed by atoms with van der Waals surface area (Å²) in [5.74, 6) is -0.263. The van der Waals surface area contributed by atoms with E-state index in [4.69, 9.17) is 0 Å². The van der Waals surface area contributed by atoms with E-state index in [2.05, 4.69) is 25.6 Å². The van der Waals surface area contributed by atoms with Crippen LogP contribution in [0.4, 0.5) is 11.9 Å². The first-order valence-electron chi connectivity index (χ1n) is 10.9. The Morgan fingerprint density at radius 2 is 1.06 bits per heavy atom. The van der Waals surface area contributed by atoms with Gasteiger partial charge in [0.15, 0.2) is 5.82 Å². The summed E-state index contributed by atoms with van der Waals surface area (Å²) >= 11 is 0. The Kier molecular flexibility index (Phi) is 6.45. The molecular weight excluding hydrogens is 426 g/mol. The SMILES string of the molecule is Cc1ccc(C(=O)Nc2nc(NC(=O)c3ccc(C)c(C)c3)nc(-c3ccccc3)n2)cc1C. The summed E-state index contributed by atoms with van der Waals surface area (Å²) < 4.78 is 0. The molecule has 0 radical (unpaired) electrons. The Morgan fingerprint density at radius 3 is 1.50 bits per heavy atom. The van der Waals surface area contributed by atoms with Gasteiger partial charge in [-0.15, -0.1) is 0 Å². The monoisotopic (exact) mass is 451 g/mol. The number of nitrogens with one attached hydrogen (secondary N) is 2. The molecule has 0 unspecified atom stereocenters. The van der Waals surface area contributed by atoms with E-state index in [1.807, 2.05) is 82.3 Å². The van der Waals surface area contributed by atoms with Gasteiger partial charge < -0.3 is 0 Å². The number of aromatic nitrogens is 3. The first kappa shape index (κ1) is 22.8. The molecule has 0 aliphatic carbocycles. The van der Waals surface area contributed by atoms with Crippen LogP contribution in [0.25, 0.3) is 11.4 Å². The lowest BCUT2D eigenvalue weighted by Gasteiger charge is -2.11. The number of benzene rings is 3. The molecule has 0 spiro atoms. The zero-order valence-corrected chi connectivity index (χ0v) is 19.5. The molecule has 1 aromatic heterocycles. The maximum Gasteiger partial charge on any atom is 0.258 e. The molecule has 7 heteroatoms. The van der Waals surface area contributed by atoms with Crippen LogP contribution >= 0.6 is 0 Å². The Bertz CT molecular complexity index is 1300. The van der Waals surface area contributed by atoms with Crippen LogP contribution in [-0.2, 0) is 0 Å². The highest BCUT2D eigenvalue weighted by molar-refractivity contribution is 6.05. The zero-order valence-electron chi connectivity index (χ0n) is 19.5. The molecule has 3 aromatic carbocycles. The Morgan fingerprint density at radius 1 is 0.588 bits per heavy atom. The summed E-state index contributed by atoms with van der Waals surface area (Å²) in [5.41, 5.74) is 5.92. The van der Waals surface area contributed by atoms with Crippen molar-refractivity contribution in [3.05, 3.63) is 100 Å². The second-order valence-electron chi connectivity index (χ2n) is 8.18. The van der Waals surface area contributed by atoms with Gasteiger partial charge in [0.2, 0.25) is 11.9 Å². The Balaban J connectivity index is 1.66. The minimum atomic E-state index is -0.347. The lowest BCUT2D eigenvalue weighted by molar-refractivity contribution is 0.101. The first-order valence-corrected chi connectivity index (χ1v) is 10.9. The molecule has 0 bridgehead atoms. The second kappa shape index (κ2) is 9.62. The fourth-order valence-electron chi connectivity index (χ4n) is 3.32. The van der Waals surface area contributed by atoms with Crippen molar-refractivity contribution in [2.45, 2.75) is 27.7 Å². The number of amides is 2. The van der Waals surface area contributed by atoms with Crippen molar-refractivity contribution in [2.75, 3.05) is 10.6 Å². The third-order valence-corrected chi connectivity index (χ3v) is 5.66. The topological polar surface area (TPSA) is 96.9 Å². The van der Waals surface area contributed by atoms with Gasteiger partial charge in [-0.3, -0.25) is 20.2 Å². The van der Waals surface area contributed by atoms with Crippen molar-refractivity contribution >= 4 is 23.7 Å². The average Bonchev–Trinajstić information content (AvgIpc) is 2.83. The molecule has 2 N–H and O–H groups in total. The molecule has 0 saturated heterocycles. The standard InChI is InChI=1S/C27H25N5O2/c1-16-10-12-21(14-18(16)3)24(33)30-26-28-23(20-8-6-5-7-9-20)29-27(32-26)31-25(34)22-13-11-17(2)19(4)15-22/h5-15H,1-4H3,(H2,28,29,30,31,32,33,34). The molecule has 1 heterocycles. The summed E-state index contributed by atoms with van der Waals surface area (Å²) in [6, 6.07) is 20.2. The van der Waals surface area contributed by atoms with Crippen LogP contribution in [-0.4, -0.2) is 26.8 Å². The number of carbonyl (C=O) groups excluding carboxylic acids is 2. The van der Waals surface area contributed by atoms with Crippen molar-refractivity contribution in [1.82, 2.24) is 15.0 Å². The van der Waals surface area contributed by atoms with Gasteiger partial charge in [-0.05, 0) is 74.2 Å². The highest BCUT2D eigenvalue weighted by atomic mass is 16.2. The van der Waals surface area contributed by atoms with Crippen LogP contribution in [0, 0.1) is 27.7 Å². The molecule has 7 nitrogen and oxygen atoms in total. The first-order chi connectivity index (χ1) is 16.3. The maximum absolute atomic E-state index is 12.9. The van der Waals surface area contributed by atoms with Gasteiger partial charge in [0.25, 0.3) is 11.8 Å². The van der Waals surface area contributed by atoms with Crippen molar-refractivity contribution < 1.29 is 9.59 Å². The van der Waals surface area contributed by atoms with E-state index >= 15 is 0 Å². The predicted molar refractivity (Wildman–Crippen MR) is 133 cm³/mol. The van der Waals surface area contributed by atoms with Crippen molar-refractivity contribution in [2.24, 2.45) is 0 Å². The molecule has 0 aliphatic heterocycles. The molecule has 2 amide bonds. The van der Waals surface area contributed by atoms with Gasteiger partial charge in [-0.1, -0.05) is 42.5 Å². The fourth-order valence-corrected chi connectivity index (χ4v) is 3.32. The van der Waals surface area contributed by atoms with Crippen LogP contribution in [0.1, 0.15) is 43.0 Å². The van der Waals surface area contributed by atoms with Gasteiger partial charge in [-0.25, -0.2) is 0 Å². The van der Waals surface area contributed by atoms with Crippen LogP contribution in [0.3, 0.4) is 0 Å². The molecule has 4 rings (SSSR count). The van der Waals surface area contributed by atoms with E-state index in [0.717, 1.165) is 27.8 Å². The number of anilines is 2. The van der Waals surface area contributed by atoms with E-state index in [0.29, 0.717) is 17.0 Å². The number of aryl methyl sites for hydroxylation is 4. The van der Waals surface area contributed by atoms with Gasteiger partial charge in [0.05, 0.1) is 0 Å². The quantitative estimate of drug-likeness (QED) is 0.430. The van der Waals surface area contributed by atoms with E-state index in [1.54, 1.807) is 12.1 Å². The molecule has 0 fully saturated rings. The second-order valence-corrected chi connectivity index (χ2v) is 8.18. The number of nitrogens with zero attached hydrogens (tertiary/aromatic N) is 3. The Hall–Kier alpha value is -4.39. The minimum absolute atomic E-state index is 0.0486. The third-order valence-electron chi connectivity index (χ3n) is 5.66.